The molecular formula is C8H32N4O8Si. The Morgan fingerprint density at radius 2 is 0.524 bits per heavy atom. The molecule has 0 fully saturated rings. The van der Waals surface area contributed by atoms with Crippen molar-refractivity contribution in [2.45, 2.75) is 0 Å². The number of aliphatic hydroxyl groups is 4. The van der Waals surface area contributed by atoms with Crippen LogP contribution >= 0.6 is 0 Å². The zero-order valence-electron chi connectivity index (χ0n) is 12.0. The van der Waals surface area contributed by atoms with E-state index in [-0.39, 0.29) is 26.4 Å². The smallest absolute Gasteiger partial charge is 0.395 e. The molecule has 0 aromatic rings. The number of hydrogen-bond acceptors (Lipinski definition) is 12. The second kappa shape index (κ2) is 36.7. The van der Waals surface area contributed by atoms with Gasteiger partial charge in [0.2, 0.25) is 0 Å². The maximum absolute atomic E-state index is 7.75. The lowest BCUT2D eigenvalue weighted by molar-refractivity contribution is 0.117. The van der Waals surface area contributed by atoms with E-state index in [1.165, 1.54) is 0 Å². The first kappa shape index (κ1) is 32.6. The van der Waals surface area contributed by atoms with Crippen LogP contribution in [0.25, 0.3) is 0 Å². The molecular weight excluding hydrogens is 308 g/mol. The lowest BCUT2D eigenvalue weighted by Crippen LogP contribution is -2.33. The molecule has 0 heterocycles. The molecule has 136 valence electrons. The van der Waals surface area contributed by atoms with Crippen LogP contribution in [0.5, 0.6) is 0 Å². The van der Waals surface area contributed by atoms with Crippen LogP contribution in [0, 0.1) is 0 Å². The first-order valence-electron chi connectivity index (χ1n) is 5.79. The molecule has 0 aliphatic carbocycles. The zero-order chi connectivity index (χ0) is 18.2. The Morgan fingerprint density at radius 1 is 0.476 bits per heavy atom. The van der Waals surface area contributed by atoms with Gasteiger partial charge in [0.1, 0.15) is 0 Å². The molecule has 0 saturated heterocycles. The molecule has 12 nitrogen and oxygen atoms in total. The van der Waals surface area contributed by atoms with Crippen LogP contribution in [-0.2, 0) is 0 Å². The average Bonchev–Trinajstić information content (AvgIpc) is 2.45. The predicted octanol–water partition coefficient (Wildman–Crippen LogP) is -6.86. The molecule has 0 atom stereocenters. The second-order valence-corrected chi connectivity index (χ2v) is 3.85. The van der Waals surface area contributed by atoms with E-state index in [0.29, 0.717) is 26.2 Å². The van der Waals surface area contributed by atoms with Crippen molar-refractivity contribution < 1.29 is 39.6 Å². The molecule has 0 aromatic carbocycles. The summed E-state index contributed by atoms with van der Waals surface area (Å²) in [4.78, 5) is 29.3. The summed E-state index contributed by atoms with van der Waals surface area (Å²) in [6.45, 7) is 1.89. The molecule has 21 heavy (non-hydrogen) atoms. The third-order valence-electron chi connectivity index (χ3n) is 0.516. The summed E-state index contributed by atoms with van der Waals surface area (Å²) in [5.41, 5.74) is 19.1. The molecule has 0 saturated carbocycles. The maximum Gasteiger partial charge on any atom is 0.668 e. The molecule has 0 amide bonds. The van der Waals surface area contributed by atoms with E-state index >= 15 is 0 Å². The summed E-state index contributed by atoms with van der Waals surface area (Å²) in [7, 11) is -4.61. The standard InChI is InChI=1S/4C2H7NO.H4O4Si/c4*3-1-2-4;1-5(2,3)4/h4*4H,1-3H2;1-4H. The van der Waals surface area contributed by atoms with Gasteiger partial charge in [-0.05, 0) is 0 Å². The molecule has 0 aliphatic heterocycles. The predicted molar refractivity (Wildman–Crippen MR) is 79.2 cm³/mol. The van der Waals surface area contributed by atoms with Crippen molar-refractivity contribution in [1.29, 1.82) is 0 Å². The Morgan fingerprint density at radius 3 is 0.524 bits per heavy atom. The molecule has 0 bridgehead atoms. The van der Waals surface area contributed by atoms with Crippen LogP contribution in [0.1, 0.15) is 0 Å². The first-order chi connectivity index (χ1) is 9.66. The topological polar surface area (TPSA) is 266 Å². The van der Waals surface area contributed by atoms with Crippen molar-refractivity contribution in [1.82, 2.24) is 0 Å². The Labute approximate surface area is 125 Å². The van der Waals surface area contributed by atoms with Gasteiger partial charge in [0.05, 0.1) is 26.4 Å². The summed E-state index contributed by atoms with van der Waals surface area (Å²) >= 11 is 0. The largest absolute Gasteiger partial charge is 0.668 e. The Balaban J connectivity index is -0.0000000510. The summed E-state index contributed by atoms with van der Waals surface area (Å²) in [5, 5.41) is 31.0. The van der Waals surface area contributed by atoms with Crippen molar-refractivity contribution >= 4 is 9.05 Å². The van der Waals surface area contributed by atoms with Crippen molar-refractivity contribution in [3.8, 4) is 0 Å². The molecule has 0 radical (unpaired) electrons. The fourth-order valence-corrected chi connectivity index (χ4v) is 0. The summed E-state index contributed by atoms with van der Waals surface area (Å²) < 4.78 is 0. The maximum atomic E-state index is 7.75. The second-order valence-electron chi connectivity index (χ2n) is 2.65. The van der Waals surface area contributed by atoms with E-state index in [2.05, 4.69) is 0 Å². The minimum absolute atomic E-state index is 0.0972. The van der Waals surface area contributed by atoms with Crippen LogP contribution in [0.4, 0.5) is 0 Å². The van der Waals surface area contributed by atoms with Crippen molar-refractivity contribution in [3.63, 3.8) is 0 Å². The minimum Gasteiger partial charge on any atom is -0.395 e. The highest BCUT2D eigenvalue weighted by atomic mass is 28.4. The fourth-order valence-electron chi connectivity index (χ4n) is 0. The van der Waals surface area contributed by atoms with Crippen molar-refractivity contribution in [3.05, 3.63) is 0 Å². The van der Waals surface area contributed by atoms with Gasteiger partial charge in [0.25, 0.3) is 0 Å². The Bertz CT molecular complexity index is 103. The summed E-state index contributed by atoms with van der Waals surface area (Å²) in [6.07, 6.45) is 0. The number of rotatable bonds is 4. The van der Waals surface area contributed by atoms with Gasteiger partial charge in [-0.2, -0.15) is 0 Å². The lowest BCUT2D eigenvalue weighted by Gasteiger charge is -1.91. The van der Waals surface area contributed by atoms with Gasteiger partial charge in [-0.15, -0.1) is 0 Å². The van der Waals surface area contributed by atoms with Crippen molar-refractivity contribution in [2.75, 3.05) is 52.6 Å². The monoisotopic (exact) mass is 340 g/mol. The minimum atomic E-state index is -4.61. The summed E-state index contributed by atoms with van der Waals surface area (Å²) in [5.74, 6) is 0. The van der Waals surface area contributed by atoms with E-state index in [1.807, 2.05) is 0 Å². The zero-order valence-corrected chi connectivity index (χ0v) is 13.0. The van der Waals surface area contributed by atoms with E-state index in [9.17, 15) is 0 Å². The third-order valence-corrected chi connectivity index (χ3v) is 0.516. The van der Waals surface area contributed by atoms with Gasteiger partial charge in [0.15, 0.2) is 0 Å². The van der Waals surface area contributed by atoms with Gasteiger partial charge in [-0.1, -0.05) is 0 Å². The molecule has 0 rings (SSSR count). The fraction of sp³-hybridized carbons (Fsp3) is 1.00. The molecule has 13 heteroatoms. The molecule has 16 N–H and O–H groups in total. The number of nitrogens with two attached hydrogens (primary N) is 4. The molecule has 0 unspecified atom stereocenters. The third kappa shape index (κ3) is 445. The van der Waals surface area contributed by atoms with Gasteiger partial charge in [-0.25, -0.2) is 0 Å². The molecule has 0 aromatic heterocycles. The highest BCUT2D eigenvalue weighted by Gasteiger charge is 2.22. The number of aliphatic hydroxyl groups excluding tert-OH is 4. The highest BCUT2D eigenvalue weighted by Crippen LogP contribution is 1.67. The highest BCUT2D eigenvalue weighted by molar-refractivity contribution is 6.46. The molecule has 0 aliphatic rings. The Hall–Kier alpha value is -0.263. The van der Waals surface area contributed by atoms with E-state index in [1.54, 1.807) is 0 Å². The van der Waals surface area contributed by atoms with Gasteiger partial charge in [-0.3, -0.25) is 0 Å². The summed E-state index contributed by atoms with van der Waals surface area (Å²) in [6, 6.07) is 0. The van der Waals surface area contributed by atoms with E-state index < -0.39 is 9.05 Å². The van der Waals surface area contributed by atoms with Crippen LogP contribution in [0.2, 0.25) is 0 Å². The normalized spacial score (nSPS) is 8.57. The lowest BCUT2D eigenvalue weighted by atomic mass is 10.8. The van der Waals surface area contributed by atoms with Crippen LogP contribution in [0.15, 0.2) is 0 Å². The van der Waals surface area contributed by atoms with Crippen LogP contribution < -0.4 is 22.9 Å². The van der Waals surface area contributed by atoms with Gasteiger partial charge < -0.3 is 62.5 Å². The van der Waals surface area contributed by atoms with E-state index in [0.717, 1.165) is 0 Å². The Kier molecular flexibility index (Phi) is 57.0. The van der Waals surface area contributed by atoms with E-state index in [4.69, 9.17) is 62.5 Å². The SMILES string of the molecule is NCCO.NCCO.NCCO.NCCO.O[Si](O)(O)O. The van der Waals surface area contributed by atoms with Crippen LogP contribution in [0.3, 0.4) is 0 Å². The van der Waals surface area contributed by atoms with Crippen LogP contribution in [-0.4, -0.2) is 101 Å². The van der Waals surface area contributed by atoms with Gasteiger partial charge >= 0.3 is 9.05 Å². The van der Waals surface area contributed by atoms with Gasteiger partial charge in [0, 0.05) is 26.2 Å². The molecule has 0 spiro atoms. The quantitative estimate of drug-likeness (QED) is 0.213. The first-order valence-corrected chi connectivity index (χ1v) is 7.58. The average molecular weight is 340 g/mol. The number of hydrogen-bond donors (Lipinski definition) is 12. The van der Waals surface area contributed by atoms with Crippen molar-refractivity contribution in [2.24, 2.45) is 22.9 Å².